The number of carbonyl (C=O) groups excluding carboxylic acids is 3. The Morgan fingerprint density at radius 3 is 2.28 bits per heavy atom. The number of carbonyl (C=O) groups is 3. The zero-order chi connectivity index (χ0) is 45.9. The molecule has 0 saturated carbocycles. The molecule has 338 valence electrons. The number of anilines is 2. The maximum absolute atomic E-state index is 13.3. The third kappa shape index (κ3) is 10.3. The number of hydrogen-bond donors (Lipinski definition) is 6. The first-order chi connectivity index (χ1) is 30.4. The summed E-state index contributed by atoms with van der Waals surface area (Å²) >= 11 is 0. The van der Waals surface area contributed by atoms with Gasteiger partial charge in [0, 0.05) is 49.4 Å². The summed E-state index contributed by atoms with van der Waals surface area (Å²) in [5, 5.41) is 39.6. The molecule has 2 bridgehead atoms. The number of pyridine rings is 1. The first-order valence-corrected chi connectivity index (χ1v) is 20.6. The number of aromatic amines is 1. The van der Waals surface area contributed by atoms with E-state index in [9.17, 15) is 37.8 Å². The van der Waals surface area contributed by atoms with Gasteiger partial charge in [0.25, 0.3) is 0 Å². The monoisotopic (exact) mass is 887 g/mol. The molecule has 2 amide bonds. The first kappa shape index (κ1) is 45.6. The average molecular weight is 888 g/mol. The van der Waals surface area contributed by atoms with Crippen LogP contribution in [0.4, 0.5) is 29.3 Å². The predicted octanol–water partition coefficient (Wildman–Crippen LogP) is 4.91. The zero-order valence-electron chi connectivity index (χ0n) is 35.1. The zero-order valence-corrected chi connectivity index (χ0v) is 35.1. The molecule has 18 heteroatoms. The highest BCUT2D eigenvalue weighted by atomic mass is 19.4. The molecule has 3 saturated heterocycles. The summed E-state index contributed by atoms with van der Waals surface area (Å²) in [6.07, 6.45) is -4.03. The van der Waals surface area contributed by atoms with Gasteiger partial charge in [-0.05, 0) is 59.0 Å². The van der Waals surface area contributed by atoms with Crippen molar-refractivity contribution in [1.82, 2.24) is 10.3 Å². The van der Waals surface area contributed by atoms with Gasteiger partial charge < -0.3 is 54.4 Å². The van der Waals surface area contributed by atoms with E-state index in [4.69, 9.17) is 24.1 Å². The number of piperidine rings is 1. The number of nitrogens with one attached hydrogen (secondary N) is 4. The van der Waals surface area contributed by atoms with Crippen molar-refractivity contribution >= 4 is 40.2 Å². The number of carboxylic acid groups (broad SMARTS) is 1. The van der Waals surface area contributed by atoms with Crippen molar-refractivity contribution in [2.24, 2.45) is 0 Å². The van der Waals surface area contributed by atoms with E-state index in [0.717, 1.165) is 39.6 Å². The Morgan fingerprint density at radius 1 is 0.922 bits per heavy atom. The average Bonchev–Trinajstić information content (AvgIpc) is 4.03. The van der Waals surface area contributed by atoms with Crippen LogP contribution < -0.4 is 31.4 Å². The molecule has 0 unspecified atom stereocenters. The van der Waals surface area contributed by atoms with Crippen LogP contribution in [0.25, 0.3) is 22.0 Å². The minimum Gasteiger partial charge on any atom is -0.542 e. The number of alkyl halides is 3. The second-order valence-electron chi connectivity index (χ2n) is 16.5. The molecule has 1 aromatic heterocycles. The molecule has 4 heterocycles. The molecular weight excluding hydrogens is 840 g/mol. The first-order valence-electron chi connectivity index (χ1n) is 20.6. The number of hydrogen-bond acceptors (Lipinski definition) is 11. The lowest BCUT2D eigenvalue weighted by Gasteiger charge is -2.45. The number of phenolic OH excluding ortho intramolecular Hbond substituents is 1. The third-order valence-corrected chi connectivity index (χ3v) is 12.1. The van der Waals surface area contributed by atoms with Gasteiger partial charge in [-0.2, -0.15) is 13.2 Å². The number of aliphatic carboxylic acids is 1. The number of aromatic nitrogens is 1. The molecule has 6 atom stereocenters. The van der Waals surface area contributed by atoms with E-state index in [1.165, 1.54) is 19.2 Å². The lowest BCUT2D eigenvalue weighted by molar-refractivity contribution is -0.938. The number of morpholine rings is 1. The predicted molar refractivity (Wildman–Crippen MR) is 227 cm³/mol. The van der Waals surface area contributed by atoms with Gasteiger partial charge in [0.2, 0.25) is 11.5 Å². The molecule has 0 radical (unpaired) electrons. The van der Waals surface area contributed by atoms with Crippen LogP contribution in [0.15, 0.2) is 95.8 Å². The molecule has 3 fully saturated rings. The van der Waals surface area contributed by atoms with Crippen LogP contribution >= 0.6 is 0 Å². The van der Waals surface area contributed by atoms with Crippen LogP contribution in [-0.4, -0.2) is 102 Å². The molecule has 0 aliphatic carbocycles. The van der Waals surface area contributed by atoms with Crippen LogP contribution in [0.2, 0.25) is 0 Å². The summed E-state index contributed by atoms with van der Waals surface area (Å²) in [6.45, 7) is 0.618. The number of likely N-dealkylation sites (N-methyl/N-ethyl adjacent to an activating group) is 1. The summed E-state index contributed by atoms with van der Waals surface area (Å²) in [7, 11) is 6.03. The number of quaternary nitrogens is 1. The van der Waals surface area contributed by atoms with Crippen molar-refractivity contribution in [2.45, 2.75) is 74.9 Å². The standard InChI is InChI=1S/C44H47N5O8.C2HF3O2/c1-49(2)34-21-28(22-35(49)43-42(34)57-43)56-44(54)47-33-19-25(9-12-29(33)27-7-5-4-6-8-27)11-17-39(52)46-32-15-10-26(20-38(32)55-3)23-45-24-37(51)30-13-16-36(50)41-31(30)14-18-40(53)48-41;3-2(4,5)1(6)7/h4-10,12-16,18-20,28,34-35,37,42-43,45,51H,11,17,21-24H2,1-3H3,(H3-,46,47,48,50,52,53,54);(H,6,7)/t28-,34-,35+,37-,42-,43+;/m0./s1. The summed E-state index contributed by atoms with van der Waals surface area (Å²) < 4.78 is 50.0. The molecule has 6 N–H and O–H groups in total. The molecular formula is C46H48F3N5O10. The number of ether oxygens (including phenoxy) is 3. The fourth-order valence-electron chi connectivity index (χ4n) is 8.74. The lowest BCUT2D eigenvalue weighted by atomic mass is 9.96. The van der Waals surface area contributed by atoms with Gasteiger partial charge in [-0.25, -0.2) is 4.79 Å². The van der Waals surface area contributed by atoms with Crippen molar-refractivity contribution in [3.8, 4) is 22.6 Å². The maximum atomic E-state index is 13.3. The van der Waals surface area contributed by atoms with Crippen molar-refractivity contribution in [3.05, 3.63) is 118 Å². The highest BCUT2D eigenvalue weighted by molar-refractivity contribution is 5.93. The smallest absolute Gasteiger partial charge is 0.430 e. The van der Waals surface area contributed by atoms with Crippen molar-refractivity contribution < 1.29 is 61.6 Å². The molecule has 15 nitrogen and oxygen atoms in total. The number of methoxy groups -OCH3 is 1. The number of H-pyrrole nitrogens is 1. The number of fused-ring (bicyclic) bond motifs is 6. The second-order valence-corrected chi connectivity index (χ2v) is 16.5. The van der Waals surface area contributed by atoms with Gasteiger partial charge in [0.15, 0.2) is 0 Å². The fourth-order valence-corrected chi connectivity index (χ4v) is 8.74. The van der Waals surface area contributed by atoms with Crippen molar-refractivity contribution in [1.29, 1.82) is 0 Å². The Bertz CT molecular complexity index is 2570. The highest BCUT2D eigenvalue weighted by Crippen LogP contribution is 2.51. The minimum absolute atomic E-state index is 0.0683. The van der Waals surface area contributed by atoms with Gasteiger partial charge in [-0.1, -0.05) is 54.6 Å². The Morgan fingerprint density at radius 2 is 1.61 bits per heavy atom. The van der Waals surface area contributed by atoms with E-state index in [0.29, 0.717) is 53.1 Å². The highest BCUT2D eigenvalue weighted by Gasteiger charge is 2.70. The second kappa shape index (κ2) is 18.7. The van der Waals surface area contributed by atoms with E-state index in [1.807, 2.05) is 60.7 Å². The number of nitrogens with zero attached hydrogens (tertiary/aromatic N) is 1. The van der Waals surface area contributed by atoms with Gasteiger partial charge in [-0.15, -0.1) is 0 Å². The van der Waals surface area contributed by atoms with Crippen LogP contribution in [0.3, 0.4) is 0 Å². The Kier molecular flexibility index (Phi) is 13.3. The number of aliphatic hydroxyl groups excluding tert-OH is 1. The van der Waals surface area contributed by atoms with Gasteiger partial charge >= 0.3 is 12.3 Å². The number of aliphatic hydroxyl groups is 1. The van der Waals surface area contributed by atoms with Crippen molar-refractivity contribution in [2.75, 3.05) is 38.4 Å². The molecule has 64 heavy (non-hydrogen) atoms. The number of carboxylic acids is 1. The Hall–Kier alpha value is -6.47. The molecule has 0 spiro atoms. The van der Waals surface area contributed by atoms with E-state index in [-0.39, 0.29) is 54.0 Å². The quantitative estimate of drug-likeness (QED) is 0.0691. The molecule has 3 aliphatic heterocycles. The fraction of sp³-hybridized carbons (Fsp3) is 0.348. The van der Waals surface area contributed by atoms with Gasteiger partial charge in [0.1, 0.15) is 47.9 Å². The Labute approximate surface area is 365 Å². The third-order valence-electron chi connectivity index (χ3n) is 12.1. The largest absolute Gasteiger partial charge is 0.542 e. The summed E-state index contributed by atoms with van der Waals surface area (Å²) in [4.78, 5) is 49.7. The number of benzene rings is 4. The van der Waals surface area contributed by atoms with Gasteiger partial charge in [0.05, 0.1) is 44.2 Å². The van der Waals surface area contributed by atoms with Gasteiger partial charge in [-0.3, -0.25) is 14.9 Å². The number of phenols is 1. The van der Waals surface area contributed by atoms with Crippen LogP contribution in [0.1, 0.15) is 42.1 Å². The summed E-state index contributed by atoms with van der Waals surface area (Å²) in [5.74, 6) is -2.78. The summed E-state index contributed by atoms with van der Waals surface area (Å²) in [5.41, 5.74) is 5.23. The number of rotatable bonds is 13. The van der Waals surface area contributed by atoms with Crippen LogP contribution in [-0.2, 0) is 32.0 Å². The van der Waals surface area contributed by atoms with E-state index in [2.05, 4.69) is 35.0 Å². The van der Waals surface area contributed by atoms with Crippen LogP contribution in [0, 0.1) is 0 Å². The number of aromatic hydroxyl groups is 1. The minimum atomic E-state index is -5.19. The number of aryl methyl sites for hydroxylation is 1. The Balaban J connectivity index is 0.000000809. The van der Waals surface area contributed by atoms with E-state index >= 15 is 0 Å². The number of amides is 2. The SMILES string of the molecule is COc1cc(CNC[C@H](O)c2ccc(O)c3[nH]c(=O)ccc23)ccc1NC(=O)CCc1ccc(-c2ccccc2)c(NC(=O)O[C@@H]2C[C@@H]3[C@H]4O[C@H]4[C@H](C2)[N+]3(C)C)c1.O=C([O-])C(F)(F)F. The topological polar surface area (TPSA) is 215 Å². The maximum Gasteiger partial charge on any atom is 0.430 e. The number of halogens is 3. The summed E-state index contributed by atoms with van der Waals surface area (Å²) in [6, 6.07) is 27.8. The van der Waals surface area contributed by atoms with E-state index in [1.54, 1.807) is 18.2 Å². The van der Waals surface area contributed by atoms with Crippen LogP contribution in [0.5, 0.6) is 11.5 Å². The normalized spacial score (nSPS) is 20.8. The molecule has 3 aliphatic rings. The molecule has 5 aromatic rings. The van der Waals surface area contributed by atoms with E-state index < -0.39 is 24.3 Å². The molecule has 4 aromatic carbocycles. The molecule has 8 rings (SSSR count). The number of epoxide rings is 1. The lowest BCUT2D eigenvalue weighted by Crippen LogP contribution is -2.60. The van der Waals surface area contributed by atoms with Crippen molar-refractivity contribution in [3.63, 3.8) is 0 Å².